The van der Waals surface area contributed by atoms with Gasteiger partial charge in [-0.1, -0.05) is 5.16 Å². The van der Waals surface area contributed by atoms with Crippen molar-refractivity contribution in [2.45, 2.75) is 6.18 Å². The summed E-state index contributed by atoms with van der Waals surface area (Å²) in [7, 11) is 0. The highest BCUT2D eigenvalue weighted by Crippen LogP contribution is 2.28. The van der Waals surface area contributed by atoms with E-state index in [0.29, 0.717) is 0 Å². The topological polar surface area (TPSA) is 64.7 Å². The molecule has 0 aliphatic heterocycles. The fourth-order valence-electron chi connectivity index (χ4n) is 0.870. The number of rotatable bonds is 1. The molecule has 0 atom stereocenters. The molecule has 8 heteroatoms. The molecule has 2 heterocycles. The van der Waals surface area contributed by atoms with Gasteiger partial charge in [-0.2, -0.15) is 18.2 Å². The molecule has 15 heavy (non-hydrogen) atoms. The third-order valence-electron chi connectivity index (χ3n) is 1.49. The maximum absolute atomic E-state index is 12.1. The van der Waals surface area contributed by atoms with Crippen LogP contribution >= 0.6 is 0 Å². The van der Waals surface area contributed by atoms with Crippen LogP contribution in [0, 0.1) is 0 Å². The van der Waals surface area contributed by atoms with E-state index in [4.69, 9.17) is 0 Å². The Bertz CT molecular complexity index is 453. The van der Waals surface area contributed by atoms with Gasteiger partial charge in [0.1, 0.15) is 6.33 Å². The third-order valence-corrected chi connectivity index (χ3v) is 1.49. The summed E-state index contributed by atoms with van der Waals surface area (Å²) in [5, 5.41) is 3.17. The zero-order valence-electron chi connectivity index (χ0n) is 7.06. The summed E-state index contributed by atoms with van der Waals surface area (Å²) in [4.78, 5) is 10.4. The van der Waals surface area contributed by atoms with Gasteiger partial charge in [0, 0.05) is 12.4 Å². The van der Waals surface area contributed by atoms with Gasteiger partial charge in [0.05, 0.1) is 5.56 Å². The first kappa shape index (κ1) is 9.56. The minimum atomic E-state index is -4.64. The van der Waals surface area contributed by atoms with Crippen LogP contribution < -0.4 is 0 Å². The normalized spacial score (nSPS) is 11.7. The van der Waals surface area contributed by atoms with Crippen LogP contribution in [0.1, 0.15) is 5.89 Å². The van der Waals surface area contributed by atoms with Gasteiger partial charge < -0.3 is 4.52 Å². The molecule has 5 nitrogen and oxygen atoms in total. The second-order valence-electron chi connectivity index (χ2n) is 2.55. The van der Waals surface area contributed by atoms with Crippen molar-refractivity contribution in [3.05, 3.63) is 24.6 Å². The Balaban J connectivity index is 2.37. The predicted molar refractivity (Wildman–Crippen MR) is 40.3 cm³/mol. The van der Waals surface area contributed by atoms with E-state index in [0.717, 1.165) is 0 Å². The lowest BCUT2D eigenvalue weighted by molar-refractivity contribution is -0.159. The van der Waals surface area contributed by atoms with Crippen LogP contribution in [0.3, 0.4) is 0 Å². The molecule has 0 amide bonds. The molecule has 0 saturated heterocycles. The molecule has 2 rings (SSSR count). The van der Waals surface area contributed by atoms with Crippen LogP contribution in [0.4, 0.5) is 13.2 Å². The van der Waals surface area contributed by atoms with E-state index in [1.807, 2.05) is 0 Å². The van der Waals surface area contributed by atoms with E-state index >= 15 is 0 Å². The lowest BCUT2D eigenvalue weighted by Gasteiger charge is -1.95. The van der Waals surface area contributed by atoms with Crippen LogP contribution in [-0.2, 0) is 6.18 Å². The van der Waals surface area contributed by atoms with Gasteiger partial charge in [0.25, 0.3) is 0 Å². The van der Waals surface area contributed by atoms with E-state index in [1.54, 1.807) is 0 Å². The molecule has 0 N–H and O–H groups in total. The fourth-order valence-corrected chi connectivity index (χ4v) is 0.870. The summed E-state index contributed by atoms with van der Waals surface area (Å²) in [5.74, 6) is -1.58. The highest BCUT2D eigenvalue weighted by atomic mass is 19.4. The van der Waals surface area contributed by atoms with Crippen molar-refractivity contribution in [1.82, 2.24) is 20.1 Å². The fraction of sp³-hybridized carbons (Fsp3) is 0.143. The van der Waals surface area contributed by atoms with Crippen molar-refractivity contribution >= 4 is 0 Å². The second kappa shape index (κ2) is 3.30. The van der Waals surface area contributed by atoms with E-state index in [9.17, 15) is 13.2 Å². The van der Waals surface area contributed by atoms with E-state index < -0.39 is 12.1 Å². The molecule has 78 valence electrons. The van der Waals surface area contributed by atoms with Crippen LogP contribution in [0.25, 0.3) is 11.4 Å². The van der Waals surface area contributed by atoms with Crippen molar-refractivity contribution < 1.29 is 17.7 Å². The second-order valence-corrected chi connectivity index (χ2v) is 2.55. The monoisotopic (exact) mass is 216 g/mol. The quantitative estimate of drug-likeness (QED) is 0.723. The minimum Gasteiger partial charge on any atom is -0.329 e. The number of hydrogen-bond donors (Lipinski definition) is 0. The third kappa shape index (κ3) is 1.92. The predicted octanol–water partition coefficient (Wildman–Crippen LogP) is 1.55. The zero-order chi connectivity index (χ0) is 10.9. The van der Waals surface area contributed by atoms with Crippen molar-refractivity contribution in [1.29, 1.82) is 0 Å². The number of alkyl halides is 3. The summed E-state index contributed by atoms with van der Waals surface area (Å²) in [6.07, 6.45) is -0.814. The van der Waals surface area contributed by atoms with Gasteiger partial charge in [0.15, 0.2) is 0 Å². The Morgan fingerprint density at radius 1 is 1.13 bits per heavy atom. The summed E-state index contributed by atoms with van der Waals surface area (Å²) in [5.41, 5.74) is 0.261. The molecule has 2 aromatic rings. The highest BCUT2D eigenvalue weighted by Gasteiger charge is 2.38. The van der Waals surface area contributed by atoms with E-state index in [1.165, 1.54) is 18.7 Å². The smallest absolute Gasteiger partial charge is 0.329 e. The number of hydrogen-bond acceptors (Lipinski definition) is 5. The Kier molecular flexibility index (Phi) is 2.10. The van der Waals surface area contributed by atoms with Gasteiger partial charge in [-0.3, -0.25) is 0 Å². The van der Waals surface area contributed by atoms with Crippen molar-refractivity contribution in [2.75, 3.05) is 0 Å². The maximum Gasteiger partial charge on any atom is 0.471 e. The van der Waals surface area contributed by atoms with Crippen LogP contribution in [0.5, 0.6) is 0 Å². The molecule has 0 aromatic carbocycles. The lowest BCUT2D eigenvalue weighted by Crippen LogP contribution is -2.04. The van der Waals surface area contributed by atoms with Gasteiger partial charge in [0.2, 0.25) is 5.82 Å². The van der Waals surface area contributed by atoms with Crippen LogP contribution in [0.15, 0.2) is 23.2 Å². The van der Waals surface area contributed by atoms with Crippen molar-refractivity contribution in [3.63, 3.8) is 0 Å². The Morgan fingerprint density at radius 3 is 2.33 bits per heavy atom. The minimum absolute atomic E-state index is 0.192. The molecule has 0 aliphatic carbocycles. The number of nitrogens with zero attached hydrogens (tertiary/aromatic N) is 4. The zero-order valence-corrected chi connectivity index (χ0v) is 7.06. The molecule has 0 fully saturated rings. The molecule has 0 saturated carbocycles. The first-order valence-electron chi connectivity index (χ1n) is 3.73. The molecule has 0 aliphatic rings. The largest absolute Gasteiger partial charge is 0.471 e. The summed E-state index contributed by atoms with van der Waals surface area (Å²) in [6.45, 7) is 0. The molecular weight excluding hydrogens is 213 g/mol. The average molecular weight is 216 g/mol. The lowest BCUT2D eigenvalue weighted by atomic mass is 10.3. The molecule has 0 bridgehead atoms. The van der Waals surface area contributed by atoms with Gasteiger partial charge in [-0.05, 0) is 0 Å². The van der Waals surface area contributed by atoms with Crippen LogP contribution in [0.2, 0.25) is 0 Å². The van der Waals surface area contributed by atoms with Gasteiger partial charge in [-0.25, -0.2) is 9.97 Å². The Morgan fingerprint density at radius 2 is 1.80 bits per heavy atom. The summed E-state index contributed by atoms with van der Waals surface area (Å²) in [6, 6.07) is 0. The summed E-state index contributed by atoms with van der Waals surface area (Å²) < 4.78 is 40.3. The number of aromatic nitrogens is 4. The molecule has 2 aromatic heterocycles. The van der Waals surface area contributed by atoms with Gasteiger partial charge in [-0.15, -0.1) is 0 Å². The molecule has 0 unspecified atom stereocenters. The van der Waals surface area contributed by atoms with Crippen molar-refractivity contribution in [2.24, 2.45) is 0 Å². The Hall–Kier alpha value is -1.99. The van der Waals surface area contributed by atoms with E-state index in [-0.39, 0.29) is 11.4 Å². The number of halogens is 3. The first-order chi connectivity index (χ1) is 7.07. The molecular formula is C7H3F3N4O. The SMILES string of the molecule is FC(F)(F)c1nc(-c2cncnc2)no1. The highest BCUT2D eigenvalue weighted by molar-refractivity contribution is 5.50. The average Bonchev–Trinajstić information content (AvgIpc) is 2.67. The Labute approximate surface area is 81.0 Å². The molecule has 0 radical (unpaired) electrons. The molecule has 0 spiro atoms. The standard InChI is InChI=1S/C7H3F3N4O/c8-7(9,10)6-13-5(14-15-6)4-1-11-3-12-2-4/h1-3H. The van der Waals surface area contributed by atoms with Crippen LogP contribution in [-0.4, -0.2) is 20.1 Å². The summed E-state index contributed by atoms with van der Waals surface area (Å²) >= 11 is 0. The van der Waals surface area contributed by atoms with Crippen molar-refractivity contribution in [3.8, 4) is 11.4 Å². The van der Waals surface area contributed by atoms with Gasteiger partial charge >= 0.3 is 12.1 Å². The maximum atomic E-state index is 12.1. The van der Waals surface area contributed by atoms with E-state index in [2.05, 4.69) is 24.6 Å². The first-order valence-corrected chi connectivity index (χ1v) is 3.73.